The molecule has 110 heavy (non-hydrogen) atoms. The minimum Gasteiger partial charge on any atom is -0.678 e. The molecule has 0 fully saturated rings. The Kier molecular flexibility index (Phi) is 53.8. The molecule has 10 aromatic rings. The van der Waals surface area contributed by atoms with Crippen molar-refractivity contribution >= 4 is 48.2 Å². The number of nitrogens with one attached hydrogen (secondary N) is 2. The van der Waals surface area contributed by atoms with E-state index in [1.807, 2.05) is 182 Å². The van der Waals surface area contributed by atoms with Crippen molar-refractivity contribution in [1.82, 2.24) is 10.6 Å². The average Bonchev–Trinajstić information content (AvgIpc) is 0.822. The van der Waals surface area contributed by atoms with Gasteiger partial charge in [0.15, 0.2) is 0 Å². The zero-order valence-corrected chi connectivity index (χ0v) is 75.6. The van der Waals surface area contributed by atoms with Crippen LogP contribution in [0.4, 0.5) is 0 Å². The molecule has 0 bridgehead atoms. The van der Waals surface area contributed by atoms with Gasteiger partial charge in [-0.3, -0.25) is 9.98 Å². The monoisotopic (exact) mass is 1660 g/mol. The van der Waals surface area contributed by atoms with Crippen LogP contribution in [0.15, 0.2) is 313 Å². The summed E-state index contributed by atoms with van der Waals surface area (Å²) in [6.07, 6.45) is 6.81. The van der Waals surface area contributed by atoms with Gasteiger partial charge in [0.2, 0.25) is 0 Å². The topological polar surface area (TPSA) is 105 Å². The first-order valence-electron chi connectivity index (χ1n) is 37.9. The fourth-order valence-corrected chi connectivity index (χ4v) is 14.7. The second-order valence-electron chi connectivity index (χ2n) is 29.9. The zero-order valence-electron chi connectivity index (χ0n) is 68.9. The second kappa shape index (κ2) is 58.7. The summed E-state index contributed by atoms with van der Waals surface area (Å²) in [5.41, 5.74) is 8.48. The fraction of sp³-hybridized carbons (Fsp3) is 0.306. The summed E-state index contributed by atoms with van der Waals surface area (Å²) < 4.78 is 0. The molecule has 2 unspecified atom stereocenters. The standard InChI is InChI=1S/C39H50N4P2.C17H36N4.6C7H7.2Zr/c1-38(2,3)42-36(44(32-22-12-7-13-23-32)33-24-14-8-15-25-33)40-30-20-11-21-31-41-37(43-39(4,5)6)45(34-26-16-9-17-27-34)35-28-18-10-19-29-35;1-14(20-16(3,4)5)18-12-10-9-11-13-19-15(2)21-17(6,7)8;6*1-7-5-3-2-4-6-7;;/h7-10,12-19,22-29H,11,20-21,30-31H2,1-6H3,(H,40,42)(H,41,43);14-15H,9-13H2,1-8H3;6*2-6H,1H2;;/q;-4;6*-1;;+4. The molecule has 0 saturated heterocycles. The van der Waals surface area contributed by atoms with Gasteiger partial charge in [-0.1, -0.05) is 219 Å². The van der Waals surface area contributed by atoms with E-state index < -0.39 is 15.8 Å². The van der Waals surface area contributed by atoms with Crippen LogP contribution in [0.5, 0.6) is 0 Å². The number of unbranched alkanes of at least 4 members (excludes halogenated alkanes) is 4. The van der Waals surface area contributed by atoms with E-state index in [9.17, 15) is 0 Å². The molecule has 0 saturated carbocycles. The van der Waals surface area contributed by atoms with Crippen LogP contribution in [-0.2, 0) is 52.4 Å². The van der Waals surface area contributed by atoms with Gasteiger partial charge in [0.1, 0.15) is 11.2 Å². The van der Waals surface area contributed by atoms with Gasteiger partial charge in [0.05, 0.1) is 0 Å². The van der Waals surface area contributed by atoms with Gasteiger partial charge in [0.25, 0.3) is 0 Å². The first-order chi connectivity index (χ1) is 51.5. The summed E-state index contributed by atoms with van der Waals surface area (Å²) in [6.45, 7) is 55.8. The molecule has 2 atom stereocenters. The van der Waals surface area contributed by atoms with Crippen molar-refractivity contribution in [2.45, 2.75) is 170 Å². The van der Waals surface area contributed by atoms with Crippen molar-refractivity contribution in [3.05, 3.63) is 400 Å². The van der Waals surface area contributed by atoms with E-state index in [4.69, 9.17) is 9.98 Å². The van der Waals surface area contributed by atoms with Gasteiger partial charge in [-0.05, 0) is 82.0 Å². The third-order valence-corrected chi connectivity index (χ3v) is 19.2. The molecule has 10 rings (SSSR count). The Morgan fingerprint density at radius 1 is 0.300 bits per heavy atom. The van der Waals surface area contributed by atoms with Gasteiger partial charge in [-0.2, -0.15) is 148 Å². The maximum atomic E-state index is 5.24. The van der Waals surface area contributed by atoms with E-state index in [-0.39, 0.29) is 86.9 Å². The largest absolute Gasteiger partial charge is 4.00 e. The maximum Gasteiger partial charge on any atom is 4.00 e. The van der Waals surface area contributed by atoms with E-state index in [1.165, 1.54) is 27.6 Å². The summed E-state index contributed by atoms with van der Waals surface area (Å²) in [4.78, 5) is 10.5. The summed E-state index contributed by atoms with van der Waals surface area (Å²) in [7, 11) is -1.54. The Morgan fingerprint density at radius 3 is 0.645 bits per heavy atom. The number of aliphatic imine (C=N–C) groups is 2. The SMILES string of the molecule is CC(C)(C)NC(=NCCCCCN=C(NC(C)(C)C)P(c1ccccc1)c1ccccc1)P(c1ccccc1)c1ccccc1.CC([N-]CCCCC[N-]C(C)[N-]C(C)(C)C)[N-]C(C)(C)C.[CH2-]c1ccccc1.[CH2-]c1ccccc1.[CH2-]c1ccccc1.[CH2-]c1ccccc1.[CH2-]c1ccccc1.[CH2-]c1ccccc1.[Zr+4].[Zr]. The molecule has 0 radical (unpaired) electrons. The van der Waals surface area contributed by atoms with Gasteiger partial charge >= 0.3 is 26.2 Å². The van der Waals surface area contributed by atoms with E-state index in [0.717, 1.165) is 103 Å². The molecule has 0 aliphatic heterocycles. The number of amidine groups is 2. The van der Waals surface area contributed by atoms with Crippen molar-refractivity contribution in [2.75, 3.05) is 26.2 Å². The third-order valence-electron chi connectivity index (χ3n) is 14.6. The fourth-order valence-electron chi connectivity index (χ4n) is 9.90. The first kappa shape index (κ1) is 101. The van der Waals surface area contributed by atoms with Gasteiger partial charge in [-0.25, -0.2) is 12.3 Å². The van der Waals surface area contributed by atoms with Gasteiger partial charge < -0.3 is 31.9 Å². The summed E-state index contributed by atoms with van der Waals surface area (Å²) in [5.74, 6) is 0. The van der Waals surface area contributed by atoms with Crippen LogP contribution in [0.2, 0.25) is 0 Å². The molecule has 0 heterocycles. The van der Waals surface area contributed by atoms with Crippen molar-refractivity contribution in [2.24, 2.45) is 9.98 Å². The van der Waals surface area contributed by atoms with E-state index in [0.29, 0.717) is 0 Å². The molecule has 0 spiro atoms. The third kappa shape index (κ3) is 53.7. The maximum absolute atomic E-state index is 5.24. The van der Waals surface area contributed by atoms with E-state index in [1.54, 1.807) is 0 Å². The Labute approximate surface area is 710 Å². The van der Waals surface area contributed by atoms with Crippen LogP contribution in [0, 0.1) is 41.5 Å². The molecule has 12 heteroatoms. The predicted octanol–water partition coefficient (Wildman–Crippen LogP) is 25.1. The minimum atomic E-state index is -0.769. The van der Waals surface area contributed by atoms with Crippen LogP contribution >= 0.6 is 15.8 Å². The van der Waals surface area contributed by atoms with Crippen LogP contribution in [0.3, 0.4) is 0 Å². The summed E-state index contributed by atoms with van der Waals surface area (Å²) in [5, 5.41) is 31.2. The van der Waals surface area contributed by atoms with Gasteiger partial charge in [0, 0.05) is 66.2 Å². The van der Waals surface area contributed by atoms with Crippen molar-refractivity contribution in [3.63, 3.8) is 0 Å². The van der Waals surface area contributed by atoms with Crippen LogP contribution < -0.4 is 31.9 Å². The molecule has 0 aromatic heterocycles. The minimum absolute atomic E-state index is 0. The molecule has 0 amide bonds. The van der Waals surface area contributed by atoms with Crippen LogP contribution in [-0.4, -0.2) is 71.8 Å². The Hall–Kier alpha value is -7.17. The molecule has 0 aliphatic rings. The number of nitrogens with zero attached hydrogens (tertiary/aromatic N) is 6. The van der Waals surface area contributed by atoms with Crippen LogP contribution in [0.25, 0.3) is 21.3 Å². The predicted molar refractivity (Wildman–Crippen MR) is 483 cm³/mol. The number of hydrogen-bond donors (Lipinski definition) is 2. The average molecular weight is 1660 g/mol. The second-order valence-corrected chi connectivity index (χ2v) is 34.1. The summed E-state index contributed by atoms with van der Waals surface area (Å²) >= 11 is 0. The van der Waals surface area contributed by atoms with E-state index >= 15 is 0 Å². The molecule has 2 N–H and O–H groups in total. The van der Waals surface area contributed by atoms with Crippen molar-refractivity contribution in [3.8, 4) is 0 Å². The molecule has 10 aromatic carbocycles. The number of hydrogen-bond acceptors (Lipinski definition) is 2. The zero-order chi connectivity index (χ0) is 79.3. The Bertz CT molecular complexity index is 3310. The van der Waals surface area contributed by atoms with Crippen molar-refractivity contribution in [1.29, 1.82) is 0 Å². The normalized spacial score (nSPS) is 11.6. The smallest absolute Gasteiger partial charge is 0.678 e. The summed E-state index contributed by atoms with van der Waals surface area (Å²) in [6, 6.07) is 103. The number of benzene rings is 10. The molecular formula is C98H128N8P2Zr2-6. The number of rotatable bonds is 22. The Balaban J connectivity index is 0.000000754. The quantitative estimate of drug-likeness (QED) is 0.0232. The first-order valence-corrected chi connectivity index (χ1v) is 40.6. The van der Waals surface area contributed by atoms with Gasteiger partial charge in [-0.15, -0.1) is 111 Å². The van der Waals surface area contributed by atoms with Crippen molar-refractivity contribution < 1.29 is 52.4 Å². The Morgan fingerprint density at radius 2 is 0.482 bits per heavy atom. The molecular weight excluding hydrogens is 1530 g/mol. The molecule has 8 nitrogen and oxygen atoms in total. The molecule has 584 valence electrons. The van der Waals surface area contributed by atoms with Crippen LogP contribution in [0.1, 0.15) is 169 Å². The molecule has 0 aliphatic carbocycles. The van der Waals surface area contributed by atoms with E-state index in [2.05, 4.69) is 292 Å².